The standard InChI is InChI=1S/C11H21NO/c1-4-10(12)11(13-3)7-5-9(2)6-8-11/h4,9-10H,1,5-8,12H2,2-3H3. The summed E-state index contributed by atoms with van der Waals surface area (Å²) in [5, 5.41) is 0. The van der Waals surface area contributed by atoms with E-state index in [0.717, 1.165) is 18.8 Å². The fraction of sp³-hybridized carbons (Fsp3) is 0.818. The molecule has 2 heteroatoms. The van der Waals surface area contributed by atoms with E-state index in [1.54, 1.807) is 13.2 Å². The summed E-state index contributed by atoms with van der Waals surface area (Å²) in [5.74, 6) is 0.820. The second-order valence-electron chi connectivity index (χ2n) is 4.21. The third-order valence-corrected chi connectivity index (χ3v) is 3.39. The van der Waals surface area contributed by atoms with Crippen LogP contribution in [-0.2, 0) is 4.74 Å². The highest BCUT2D eigenvalue weighted by molar-refractivity contribution is 5.02. The number of hydrogen-bond donors (Lipinski definition) is 1. The van der Waals surface area contributed by atoms with Crippen molar-refractivity contribution in [3.05, 3.63) is 12.7 Å². The molecule has 0 aliphatic heterocycles. The van der Waals surface area contributed by atoms with Crippen LogP contribution in [0.1, 0.15) is 32.6 Å². The van der Waals surface area contributed by atoms with Crippen molar-refractivity contribution in [1.82, 2.24) is 0 Å². The Hall–Kier alpha value is -0.340. The highest BCUT2D eigenvalue weighted by Gasteiger charge is 2.38. The van der Waals surface area contributed by atoms with Crippen molar-refractivity contribution in [3.8, 4) is 0 Å². The molecule has 0 aromatic rings. The summed E-state index contributed by atoms with van der Waals surface area (Å²) >= 11 is 0. The Balaban J connectivity index is 2.65. The quantitative estimate of drug-likeness (QED) is 0.680. The molecular weight excluding hydrogens is 162 g/mol. The predicted octanol–water partition coefficient (Wildman–Crippen LogP) is 2.09. The van der Waals surface area contributed by atoms with Gasteiger partial charge in [0.05, 0.1) is 11.6 Å². The van der Waals surface area contributed by atoms with Crippen molar-refractivity contribution in [3.63, 3.8) is 0 Å². The van der Waals surface area contributed by atoms with Crippen molar-refractivity contribution in [1.29, 1.82) is 0 Å². The Morgan fingerprint density at radius 2 is 2.08 bits per heavy atom. The van der Waals surface area contributed by atoms with Crippen LogP contribution in [0.4, 0.5) is 0 Å². The molecule has 0 spiro atoms. The third kappa shape index (κ3) is 2.12. The summed E-state index contributed by atoms with van der Waals surface area (Å²) in [6.45, 7) is 6.03. The van der Waals surface area contributed by atoms with Crippen LogP contribution in [0.15, 0.2) is 12.7 Å². The molecule has 2 N–H and O–H groups in total. The first-order valence-corrected chi connectivity index (χ1v) is 5.08. The van der Waals surface area contributed by atoms with Crippen molar-refractivity contribution < 1.29 is 4.74 Å². The molecule has 0 aromatic carbocycles. The van der Waals surface area contributed by atoms with Crippen LogP contribution in [0.3, 0.4) is 0 Å². The van der Waals surface area contributed by atoms with Crippen molar-refractivity contribution in [2.45, 2.75) is 44.2 Å². The van der Waals surface area contributed by atoms with Gasteiger partial charge in [0.25, 0.3) is 0 Å². The molecular formula is C11H21NO. The van der Waals surface area contributed by atoms with E-state index in [1.807, 2.05) is 0 Å². The van der Waals surface area contributed by atoms with Gasteiger partial charge in [-0.2, -0.15) is 0 Å². The number of hydrogen-bond acceptors (Lipinski definition) is 2. The van der Waals surface area contributed by atoms with Gasteiger partial charge >= 0.3 is 0 Å². The Kier molecular flexibility index (Phi) is 3.51. The van der Waals surface area contributed by atoms with Crippen LogP contribution in [0.2, 0.25) is 0 Å². The van der Waals surface area contributed by atoms with E-state index in [1.165, 1.54) is 12.8 Å². The van der Waals surface area contributed by atoms with E-state index in [-0.39, 0.29) is 11.6 Å². The van der Waals surface area contributed by atoms with Crippen molar-refractivity contribution in [2.24, 2.45) is 11.7 Å². The first-order valence-electron chi connectivity index (χ1n) is 5.08. The Labute approximate surface area is 81.1 Å². The lowest BCUT2D eigenvalue weighted by atomic mass is 9.75. The Morgan fingerprint density at radius 1 is 1.54 bits per heavy atom. The molecule has 0 heterocycles. The molecule has 1 fully saturated rings. The number of methoxy groups -OCH3 is 1. The van der Waals surface area contributed by atoms with Gasteiger partial charge in [-0.05, 0) is 31.6 Å². The van der Waals surface area contributed by atoms with Crippen LogP contribution >= 0.6 is 0 Å². The topological polar surface area (TPSA) is 35.2 Å². The minimum absolute atomic E-state index is 0.0231. The van der Waals surface area contributed by atoms with Gasteiger partial charge in [0, 0.05) is 7.11 Å². The highest BCUT2D eigenvalue weighted by Crippen LogP contribution is 2.36. The Bertz CT molecular complexity index is 171. The van der Waals surface area contributed by atoms with E-state index in [4.69, 9.17) is 10.5 Å². The van der Waals surface area contributed by atoms with Gasteiger partial charge in [-0.25, -0.2) is 0 Å². The lowest BCUT2D eigenvalue weighted by molar-refractivity contribution is -0.0559. The number of ether oxygens (including phenoxy) is 1. The minimum Gasteiger partial charge on any atom is -0.376 e. The van der Waals surface area contributed by atoms with E-state index in [9.17, 15) is 0 Å². The van der Waals surface area contributed by atoms with Gasteiger partial charge in [0.1, 0.15) is 0 Å². The molecule has 13 heavy (non-hydrogen) atoms. The molecule has 0 radical (unpaired) electrons. The van der Waals surface area contributed by atoms with Crippen LogP contribution in [0, 0.1) is 5.92 Å². The van der Waals surface area contributed by atoms with Crippen molar-refractivity contribution in [2.75, 3.05) is 7.11 Å². The van der Waals surface area contributed by atoms with E-state index in [0.29, 0.717) is 0 Å². The fourth-order valence-corrected chi connectivity index (χ4v) is 2.14. The average molecular weight is 183 g/mol. The van der Waals surface area contributed by atoms with Gasteiger partial charge in [-0.3, -0.25) is 0 Å². The lowest BCUT2D eigenvalue weighted by Crippen LogP contribution is -2.50. The van der Waals surface area contributed by atoms with Crippen LogP contribution in [-0.4, -0.2) is 18.8 Å². The van der Waals surface area contributed by atoms with Crippen LogP contribution in [0.5, 0.6) is 0 Å². The molecule has 76 valence electrons. The fourth-order valence-electron chi connectivity index (χ4n) is 2.14. The van der Waals surface area contributed by atoms with Gasteiger partial charge < -0.3 is 10.5 Å². The van der Waals surface area contributed by atoms with E-state index >= 15 is 0 Å². The number of rotatable bonds is 3. The molecule has 1 atom stereocenters. The molecule has 1 saturated carbocycles. The summed E-state index contributed by atoms with van der Waals surface area (Å²) in [4.78, 5) is 0. The Morgan fingerprint density at radius 3 is 2.46 bits per heavy atom. The summed E-state index contributed by atoms with van der Waals surface area (Å²) in [6, 6.07) is -0.0231. The van der Waals surface area contributed by atoms with Gasteiger partial charge in [0.15, 0.2) is 0 Å². The molecule has 1 aliphatic rings. The molecule has 0 bridgehead atoms. The van der Waals surface area contributed by atoms with Gasteiger partial charge in [0.2, 0.25) is 0 Å². The van der Waals surface area contributed by atoms with Crippen LogP contribution in [0.25, 0.3) is 0 Å². The molecule has 0 saturated heterocycles. The molecule has 1 aliphatic carbocycles. The lowest BCUT2D eigenvalue weighted by Gasteiger charge is -2.41. The van der Waals surface area contributed by atoms with Crippen LogP contribution < -0.4 is 5.73 Å². The molecule has 0 aromatic heterocycles. The second kappa shape index (κ2) is 4.25. The largest absolute Gasteiger partial charge is 0.376 e. The highest BCUT2D eigenvalue weighted by atomic mass is 16.5. The third-order valence-electron chi connectivity index (χ3n) is 3.39. The number of nitrogens with two attached hydrogens (primary N) is 1. The van der Waals surface area contributed by atoms with E-state index in [2.05, 4.69) is 13.5 Å². The first-order chi connectivity index (χ1) is 6.14. The first kappa shape index (κ1) is 10.7. The average Bonchev–Trinajstić information content (AvgIpc) is 2.18. The van der Waals surface area contributed by atoms with Gasteiger partial charge in [-0.15, -0.1) is 6.58 Å². The normalized spacial score (nSPS) is 37.0. The van der Waals surface area contributed by atoms with Gasteiger partial charge in [-0.1, -0.05) is 13.0 Å². The second-order valence-corrected chi connectivity index (χ2v) is 4.21. The molecule has 1 unspecified atom stereocenters. The zero-order valence-electron chi connectivity index (χ0n) is 8.75. The summed E-state index contributed by atoms with van der Waals surface area (Å²) < 4.78 is 5.58. The van der Waals surface area contributed by atoms with Crippen molar-refractivity contribution >= 4 is 0 Å². The monoisotopic (exact) mass is 183 g/mol. The van der Waals surface area contributed by atoms with E-state index < -0.39 is 0 Å². The molecule has 2 nitrogen and oxygen atoms in total. The maximum atomic E-state index is 6.00. The summed E-state index contributed by atoms with van der Waals surface area (Å²) in [7, 11) is 1.76. The minimum atomic E-state index is -0.131. The molecule has 0 amide bonds. The SMILES string of the molecule is C=CC(N)C1(OC)CCC(C)CC1. The predicted molar refractivity (Wildman–Crippen MR) is 55.5 cm³/mol. The zero-order valence-corrected chi connectivity index (χ0v) is 8.75. The molecule has 1 rings (SSSR count). The maximum Gasteiger partial charge on any atom is 0.0864 e. The smallest absolute Gasteiger partial charge is 0.0864 e. The maximum absolute atomic E-state index is 6.00. The zero-order chi connectivity index (χ0) is 9.90. The summed E-state index contributed by atoms with van der Waals surface area (Å²) in [5.41, 5.74) is 5.86. The summed E-state index contributed by atoms with van der Waals surface area (Å²) in [6.07, 6.45) is 6.37.